The number of nitrogens with one attached hydrogen (secondary N) is 6. The molecule has 9 N–H and O–H groups in total. The number of nitrogens with two attached hydrogens (primary N) is 1. The third kappa shape index (κ3) is 11.6. The van der Waals surface area contributed by atoms with E-state index in [-0.39, 0.29) is 99.6 Å². The number of rotatable bonds is 5. The number of amides is 5. The van der Waals surface area contributed by atoms with Crippen LogP contribution in [0.2, 0.25) is 0 Å². The van der Waals surface area contributed by atoms with Gasteiger partial charge < -0.3 is 45.8 Å². The zero-order chi connectivity index (χ0) is 54.5. The smallest absolute Gasteiger partial charge is 0.306 e. The first-order valence-electron chi connectivity index (χ1n) is 28.6. The van der Waals surface area contributed by atoms with E-state index in [4.69, 9.17) is 10.8 Å². The molecule has 0 bridgehead atoms. The van der Waals surface area contributed by atoms with Crippen molar-refractivity contribution in [1.82, 2.24) is 64.9 Å². The highest BCUT2D eigenvalue weighted by Gasteiger charge is 2.45. The fraction of sp³-hybridized carbons (Fsp3) is 0.600. The van der Waals surface area contributed by atoms with Gasteiger partial charge in [0, 0.05) is 73.4 Å². The van der Waals surface area contributed by atoms with Crippen LogP contribution in [-0.4, -0.2) is 117 Å². The first-order valence-corrected chi connectivity index (χ1v) is 28.6. The van der Waals surface area contributed by atoms with Crippen LogP contribution < -0.4 is 37.6 Å². The van der Waals surface area contributed by atoms with Gasteiger partial charge in [-0.15, -0.1) is 0 Å². The van der Waals surface area contributed by atoms with Gasteiger partial charge in [0.1, 0.15) is 34.0 Å². The monoisotopic (exact) mass is 1140 g/mol. The third-order valence-electron chi connectivity index (χ3n) is 18.4. The van der Waals surface area contributed by atoms with Crippen molar-refractivity contribution >= 4 is 86.5 Å². The molecule has 448 valence electrons. The van der Waals surface area contributed by atoms with E-state index in [1.54, 1.807) is 18.6 Å². The van der Waals surface area contributed by atoms with Crippen LogP contribution in [0.25, 0.3) is 33.1 Å². The summed E-state index contributed by atoms with van der Waals surface area (Å²) in [7, 11) is 0. The summed E-state index contributed by atoms with van der Waals surface area (Å²) in [6, 6.07) is 5.61. The Bertz CT molecular complexity index is 3220. The van der Waals surface area contributed by atoms with Crippen LogP contribution in [0.4, 0.5) is 17.8 Å². The van der Waals surface area contributed by atoms with E-state index in [1.807, 2.05) is 18.2 Å². The maximum Gasteiger partial charge on any atom is 0.306 e. The van der Waals surface area contributed by atoms with Gasteiger partial charge in [0.25, 0.3) is 17.7 Å². The highest BCUT2D eigenvalue weighted by atomic mass is 16.4. The molecule has 0 radical (unpaired) electrons. The summed E-state index contributed by atoms with van der Waals surface area (Å²) in [4.78, 5) is 97.7. The molecule has 6 aromatic rings. The summed E-state index contributed by atoms with van der Waals surface area (Å²) in [5.41, 5.74) is 9.77. The van der Waals surface area contributed by atoms with Crippen molar-refractivity contribution in [3.63, 3.8) is 0 Å². The third-order valence-corrected chi connectivity index (χ3v) is 18.4. The molecule has 15 rings (SSSR count). The molecule has 6 aromatic heterocycles. The lowest BCUT2D eigenvalue weighted by atomic mass is 9.80. The maximum absolute atomic E-state index is 12.4. The average Bonchev–Trinajstić information content (AvgIpc) is 2.02. The minimum absolute atomic E-state index is 0. The molecule has 0 aromatic carbocycles. The molecule has 0 unspecified atom stereocenters. The van der Waals surface area contributed by atoms with Crippen molar-refractivity contribution in [2.75, 3.05) is 49.1 Å². The molecular formula is C60H86N16O7. The van der Waals surface area contributed by atoms with Crippen molar-refractivity contribution in [2.45, 2.75) is 181 Å². The lowest BCUT2D eigenvalue weighted by Gasteiger charge is -2.42. The van der Waals surface area contributed by atoms with Gasteiger partial charge in [-0.25, -0.2) is 15.0 Å². The van der Waals surface area contributed by atoms with Crippen LogP contribution in [0.1, 0.15) is 196 Å². The second-order valence-corrected chi connectivity index (χ2v) is 23.4. The summed E-state index contributed by atoms with van der Waals surface area (Å²) < 4.78 is 6.36. The van der Waals surface area contributed by atoms with Crippen LogP contribution in [-0.2, 0) is 31.0 Å². The number of nitrogen functional groups attached to an aromatic ring is 1. The minimum atomic E-state index is -0.619. The van der Waals surface area contributed by atoms with Crippen molar-refractivity contribution in [2.24, 2.45) is 17.8 Å². The minimum Gasteiger partial charge on any atom is -0.481 e. The quantitative estimate of drug-likeness (QED) is 0.0803. The largest absolute Gasteiger partial charge is 0.481 e. The Labute approximate surface area is 485 Å². The van der Waals surface area contributed by atoms with Crippen LogP contribution in [0.15, 0.2) is 36.8 Å². The van der Waals surface area contributed by atoms with Gasteiger partial charge >= 0.3 is 5.97 Å². The zero-order valence-electron chi connectivity index (χ0n) is 44.6. The molecule has 23 heteroatoms. The number of nitrogens with zero attached hydrogens (tertiary/aromatic N) is 9. The Kier molecular flexibility index (Phi) is 18.6. The molecule has 83 heavy (non-hydrogen) atoms. The molecule has 10 heterocycles. The number of carboxylic acid groups (broad SMARTS) is 1. The molecule has 4 aliphatic heterocycles. The first-order chi connectivity index (χ1) is 38.3. The van der Waals surface area contributed by atoms with Crippen molar-refractivity contribution in [3.8, 4) is 0 Å². The Morgan fingerprint density at radius 2 is 0.843 bits per heavy atom. The molecule has 3 spiro atoms. The number of aromatic nitrogens is 9. The zero-order valence-corrected chi connectivity index (χ0v) is 44.6. The van der Waals surface area contributed by atoms with E-state index in [9.17, 15) is 28.8 Å². The first kappa shape index (κ1) is 61.5. The summed E-state index contributed by atoms with van der Waals surface area (Å²) >= 11 is 0. The van der Waals surface area contributed by atoms with Gasteiger partial charge in [0.15, 0.2) is 0 Å². The Hall–Kier alpha value is -7.56. The number of carboxylic acids is 1. The lowest BCUT2D eigenvalue weighted by molar-refractivity contribution is -0.144. The van der Waals surface area contributed by atoms with E-state index in [2.05, 4.69) is 75.5 Å². The van der Waals surface area contributed by atoms with Crippen LogP contribution >= 0.6 is 0 Å². The molecule has 9 aliphatic rings. The Balaban J connectivity index is 0.000000151. The Morgan fingerprint density at radius 1 is 0.494 bits per heavy atom. The summed E-state index contributed by atoms with van der Waals surface area (Å²) in [5.74, 6) is 0.158. The van der Waals surface area contributed by atoms with Crippen molar-refractivity contribution in [3.05, 3.63) is 53.9 Å². The number of hydrogen-bond acceptors (Lipinski definition) is 14. The molecule has 5 amide bonds. The Morgan fingerprint density at radius 3 is 1.16 bits per heavy atom. The van der Waals surface area contributed by atoms with E-state index in [1.165, 1.54) is 32.1 Å². The summed E-state index contributed by atoms with van der Waals surface area (Å²) in [6.45, 7) is 3.36. The molecule has 5 aliphatic carbocycles. The molecule has 6 fully saturated rings. The number of anilines is 3. The van der Waals surface area contributed by atoms with E-state index in [0.717, 1.165) is 136 Å². The number of carbonyl (C=O) groups excluding carboxylic acids is 5. The normalized spacial score (nSPS) is 20.6. The van der Waals surface area contributed by atoms with Gasteiger partial charge in [-0.05, 0) is 82.4 Å². The standard InChI is InChI=1S/C19H23N5O2.C18H22N6O2.C14H17N5O.C5H8O2.4CH4/c25-16(12-5-4-6-12)23-18-20-10-13-9-14-17(26)21-11-19(7-2-1-3-8-19)24(14)15(13)22-18;25-15(12-7-19-8-12)23-17-20-9-11-6-13-16(26)21-10-18(4-2-1-3-5-18)24(13)14(11)22-17;15-13-16-7-9-6-10-12(20)17-8-14(4-2-1-3-5-14)19(10)11(9)18-13;6-5(7)4-2-1-3-4;;;;/h9-10,12H,1-8,11H2,(H,21,26)(H,20,22,23,25);6,9,12,19H,1-5,7-8,10H2,(H,21,26)(H,20,22,23,25);6-7H,1-5,8H2,(H,17,20)(H2,15,16,18);4H,1-3H2,(H,6,7);4*1H4. The highest BCUT2D eigenvalue weighted by molar-refractivity contribution is 6.01. The van der Waals surface area contributed by atoms with Crippen LogP contribution in [0.3, 0.4) is 0 Å². The van der Waals surface area contributed by atoms with Gasteiger partial charge in [-0.3, -0.25) is 39.4 Å². The van der Waals surface area contributed by atoms with Gasteiger partial charge in [-0.1, -0.05) is 100 Å². The fourth-order valence-electron chi connectivity index (χ4n) is 13.3. The fourth-order valence-corrected chi connectivity index (χ4v) is 13.3. The van der Waals surface area contributed by atoms with Gasteiger partial charge in [0.05, 0.1) is 28.5 Å². The number of fused-ring (bicyclic) bond motifs is 12. The SMILES string of the molecule is C.C.C.C.Nc1ncc2cc3n(c2n1)C1(CCCCC1)CNC3=O.O=C(O)C1CCC1.O=C1NCC2(CCCCC2)n2c1cc1cnc(NC(=O)C3CCC3)nc12.O=C1NCC2(CCCCC2)n2c1cc1cnc(NC(=O)C3CNC3)nc12. The average molecular weight is 1140 g/mol. The topological polar surface area (TPSA) is 313 Å². The van der Waals surface area contributed by atoms with Crippen molar-refractivity contribution in [1.29, 1.82) is 0 Å². The van der Waals surface area contributed by atoms with E-state index >= 15 is 0 Å². The number of hydrogen-bond donors (Lipinski definition) is 8. The lowest BCUT2D eigenvalue weighted by Crippen LogP contribution is -2.52. The molecule has 1 saturated heterocycles. The maximum atomic E-state index is 12.4. The second-order valence-electron chi connectivity index (χ2n) is 23.4. The second kappa shape index (κ2) is 25.1. The predicted molar refractivity (Wildman–Crippen MR) is 320 cm³/mol. The summed E-state index contributed by atoms with van der Waals surface area (Å²) in [6.07, 6.45) is 28.0. The van der Waals surface area contributed by atoms with Crippen LogP contribution in [0.5, 0.6) is 0 Å². The van der Waals surface area contributed by atoms with Gasteiger partial charge in [-0.2, -0.15) is 15.0 Å². The predicted octanol–water partition coefficient (Wildman–Crippen LogP) is 8.40. The molecule has 0 atom stereocenters. The molecular weight excluding hydrogens is 1060 g/mol. The van der Waals surface area contributed by atoms with Crippen molar-refractivity contribution < 1.29 is 33.9 Å². The van der Waals surface area contributed by atoms with Gasteiger partial charge in [0.2, 0.25) is 29.7 Å². The molecule has 5 saturated carbocycles. The van der Waals surface area contributed by atoms with Crippen LogP contribution in [0, 0.1) is 17.8 Å². The van der Waals surface area contributed by atoms with E-state index in [0.29, 0.717) is 61.7 Å². The number of carbonyl (C=O) groups is 6. The number of aliphatic carboxylic acids is 1. The summed E-state index contributed by atoms with van der Waals surface area (Å²) in [5, 5.41) is 28.7. The highest BCUT2D eigenvalue weighted by Crippen LogP contribution is 2.43. The molecule has 23 nitrogen and oxygen atoms in total. The van der Waals surface area contributed by atoms with E-state index < -0.39 is 5.97 Å².